The molecule has 0 aliphatic heterocycles. The molecule has 0 unspecified atom stereocenters. The number of nitrogens with zero attached hydrogens (tertiary/aromatic N) is 2. The molecule has 2 nitrogen and oxygen atoms in total. The Morgan fingerprint density at radius 2 is 0.675 bits per heavy atom. The predicted octanol–water partition coefficient (Wildman–Crippen LogP) is 11.8. The molecule has 1 aromatic heterocycles. The van der Waals surface area contributed by atoms with Crippen LogP contribution in [0.2, 0.25) is 0 Å². The maximum absolute atomic E-state index is 2.29. The Bertz CT molecular complexity index is 577. The zero-order valence-electron chi connectivity index (χ0n) is 28.6. The Balaban J connectivity index is 0.000000778. The molecule has 0 amide bonds. The number of aromatic nitrogens is 1. The van der Waals surface area contributed by atoms with E-state index in [2.05, 4.69) is 70.2 Å². The van der Waals surface area contributed by atoms with Gasteiger partial charge in [-0.3, -0.25) is 0 Å². The molecule has 0 N–H and O–H groups in total. The zero-order valence-corrected chi connectivity index (χ0v) is 28.6. The van der Waals surface area contributed by atoms with Gasteiger partial charge in [-0.1, -0.05) is 161 Å². The quantitative estimate of drug-likeness (QED) is 0.0545. The van der Waals surface area contributed by atoms with Gasteiger partial charge in [-0.25, -0.2) is 4.57 Å². The summed E-state index contributed by atoms with van der Waals surface area (Å²) in [5, 5.41) is 0. The van der Waals surface area contributed by atoms with E-state index in [4.69, 9.17) is 0 Å². The van der Waals surface area contributed by atoms with Crippen molar-refractivity contribution in [3.05, 3.63) is 30.6 Å². The molecule has 1 heterocycles. The van der Waals surface area contributed by atoms with E-state index in [0.29, 0.717) is 0 Å². The van der Waals surface area contributed by atoms with Crippen LogP contribution < -0.4 is 4.57 Å². The standard InChI is InChI=1S/C21H38N.C17H38N/c1-2-3-4-5-6-7-8-9-10-11-12-13-14-16-19-22-20-17-15-18-21-22;1-5-6-7-8-9-10-11-12-13-14-15-16-17-18(2,3)4/h15,17-18,20-21H,2-14,16,19H2,1H3;5-17H2,1-4H3/q2*+1. The summed E-state index contributed by atoms with van der Waals surface area (Å²) in [6.07, 6.45) is 41.8. The van der Waals surface area contributed by atoms with Gasteiger partial charge in [0, 0.05) is 18.6 Å². The third-order valence-electron chi connectivity index (χ3n) is 8.23. The topological polar surface area (TPSA) is 3.88 Å². The summed E-state index contributed by atoms with van der Waals surface area (Å²) in [6, 6.07) is 6.31. The molecule has 0 aromatic carbocycles. The van der Waals surface area contributed by atoms with Gasteiger partial charge in [-0.15, -0.1) is 0 Å². The van der Waals surface area contributed by atoms with E-state index >= 15 is 0 Å². The molecular weight excluding hydrogens is 484 g/mol. The molecule has 236 valence electrons. The highest BCUT2D eigenvalue weighted by molar-refractivity contribution is 4.83. The van der Waals surface area contributed by atoms with Crippen LogP contribution in [-0.2, 0) is 6.54 Å². The maximum atomic E-state index is 2.29. The normalized spacial score (nSPS) is 11.4. The maximum Gasteiger partial charge on any atom is 0.168 e. The second-order valence-corrected chi connectivity index (χ2v) is 13.6. The smallest absolute Gasteiger partial charge is 0.168 e. The number of pyridine rings is 1. The second kappa shape index (κ2) is 31.1. The van der Waals surface area contributed by atoms with E-state index < -0.39 is 0 Å². The SMILES string of the molecule is CCCCCCCCCCCCCCCC[n+]1ccccc1.CCCCCCCCCCCCCC[N+](C)(C)C. The highest BCUT2D eigenvalue weighted by Crippen LogP contribution is 2.14. The molecule has 2 heteroatoms. The molecule has 0 fully saturated rings. The van der Waals surface area contributed by atoms with E-state index in [1.807, 2.05) is 0 Å². The molecule has 0 aliphatic rings. The summed E-state index contributed by atoms with van der Waals surface area (Å²) in [5.41, 5.74) is 0. The van der Waals surface area contributed by atoms with Crippen LogP contribution in [0.15, 0.2) is 30.6 Å². The van der Waals surface area contributed by atoms with Gasteiger partial charge in [0.05, 0.1) is 27.7 Å². The van der Waals surface area contributed by atoms with Crippen LogP contribution in [0.1, 0.15) is 181 Å². The molecule has 0 atom stereocenters. The van der Waals surface area contributed by atoms with Crippen molar-refractivity contribution < 1.29 is 9.05 Å². The molecule has 0 saturated heterocycles. The van der Waals surface area contributed by atoms with Crippen LogP contribution in [0, 0.1) is 0 Å². The minimum Gasteiger partial charge on any atom is -0.331 e. The summed E-state index contributed by atoms with van der Waals surface area (Å²) in [6.45, 7) is 7.09. The first-order valence-corrected chi connectivity index (χ1v) is 18.2. The predicted molar refractivity (Wildman–Crippen MR) is 181 cm³/mol. The van der Waals surface area contributed by atoms with Gasteiger partial charge in [-0.2, -0.15) is 0 Å². The van der Waals surface area contributed by atoms with Crippen molar-refractivity contribution in [2.24, 2.45) is 0 Å². The molecule has 0 aliphatic carbocycles. The summed E-state index contributed by atoms with van der Waals surface area (Å²) >= 11 is 0. The van der Waals surface area contributed by atoms with Crippen LogP contribution in [0.4, 0.5) is 0 Å². The van der Waals surface area contributed by atoms with Crippen molar-refractivity contribution in [1.82, 2.24) is 0 Å². The fourth-order valence-electron chi connectivity index (χ4n) is 5.50. The van der Waals surface area contributed by atoms with Crippen molar-refractivity contribution in [2.75, 3.05) is 27.7 Å². The number of quaternary nitrogens is 1. The summed E-state index contributed by atoms with van der Waals surface area (Å²) < 4.78 is 3.41. The Labute approximate surface area is 254 Å². The molecule has 40 heavy (non-hydrogen) atoms. The Morgan fingerprint density at radius 1 is 0.375 bits per heavy atom. The lowest BCUT2D eigenvalue weighted by Gasteiger charge is -2.23. The van der Waals surface area contributed by atoms with Crippen LogP contribution in [0.25, 0.3) is 0 Å². The molecular formula is C38H76N2+2. The van der Waals surface area contributed by atoms with Gasteiger partial charge >= 0.3 is 0 Å². The minimum atomic E-state index is 1.12. The van der Waals surface area contributed by atoms with Crippen molar-refractivity contribution >= 4 is 0 Å². The van der Waals surface area contributed by atoms with Crippen LogP contribution >= 0.6 is 0 Å². The first-order valence-electron chi connectivity index (χ1n) is 18.2. The molecule has 1 aromatic rings. The highest BCUT2D eigenvalue weighted by Gasteiger charge is 2.05. The number of hydrogen-bond donors (Lipinski definition) is 0. The van der Waals surface area contributed by atoms with E-state index in [-0.39, 0.29) is 0 Å². The van der Waals surface area contributed by atoms with Crippen molar-refractivity contribution in [3.8, 4) is 0 Å². The number of hydrogen-bond acceptors (Lipinski definition) is 0. The average molecular weight is 561 g/mol. The molecule has 0 bridgehead atoms. The third kappa shape index (κ3) is 33.3. The second-order valence-electron chi connectivity index (χ2n) is 13.6. The third-order valence-corrected chi connectivity index (χ3v) is 8.23. The van der Waals surface area contributed by atoms with Gasteiger partial charge < -0.3 is 4.48 Å². The molecule has 0 radical (unpaired) electrons. The van der Waals surface area contributed by atoms with Gasteiger partial charge in [0.1, 0.15) is 6.54 Å². The Kier molecular flexibility index (Phi) is 30.4. The fraction of sp³-hybridized carbons (Fsp3) is 0.868. The number of rotatable bonds is 28. The summed E-state index contributed by atoms with van der Waals surface area (Å²) in [4.78, 5) is 0. The lowest BCUT2D eigenvalue weighted by molar-refractivity contribution is -0.870. The van der Waals surface area contributed by atoms with Crippen LogP contribution in [-0.4, -0.2) is 32.2 Å². The van der Waals surface area contributed by atoms with E-state index in [1.54, 1.807) is 0 Å². The summed E-state index contributed by atoms with van der Waals surface area (Å²) in [7, 11) is 6.87. The monoisotopic (exact) mass is 561 g/mol. The summed E-state index contributed by atoms with van der Waals surface area (Å²) in [5.74, 6) is 0. The van der Waals surface area contributed by atoms with Crippen LogP contribution in [0.3, 0.4) is 0 Å². The highest BCUT2D eigenvalue weighted by atomic mass is 15.3. The van der Waals surface area contributed by atoms with Gasteiger partial charge in [0.15, 0.2) is 12.4 Å². The first-order chi connectivity index (χ1) is 19.5. The first kappa shape index (κ1) is 39.1. The Morgan fingerprint density at radius 3 is 1.00 bits per heavy atom. The molecule has 1 rings (SSSR count). The van der Waals surface area contributed by atoms with Crippen molar-refractivity contribution in [1.29, 1.82) is 0 Å². The molecule has 0 spiro atoms. The van der Waals surface area contributed by atoms with Gasteiger partial charge in [-0.05, 0) is 19.3 Å². The molecule has 0 saturated carbocycles. The lowest BCUT2D eigenvalue weighted by Crippen LogP contribution is -2.35. The minimum absolute atomic E-state index is 1.12. The average Bonchev–Trinajstić information content (AvgIpc) is 2.94. The lowest BCUT2D eigenvalue weighted by atomic mass is 10.0. The number of aryl methyl sites for hydroxylation is 1. The fourth-order valence-corrected chi connectivity index (χ4v) is 5.50. The van der Waals surface area contributed by atoms with Gasteiger partial charge in [0.2, 0.25) is 0 Å². The van der Waals surface area contributed by atoms with Crippen LogP contribution in [0.5, 0.6) is 0 Å². The van der Waals surface area contributed by atoms with E-state index in [1.165, 1.54) is 180 Å². The van der Waals surface area contributed by atoms with Crippen molar-refractivity contribution in [2.45, 2.75) is 187 Å². The Hall–Kier alpha value is -0.890. The largest absolute Gasteiger partial charge is 0.331 e. The van der Waals surface area contributed by atoms with Crippen molar-refractivity contribution in [3.63, 3.8) is 0 Å². The zero-order chi connectivity index (χ0) is 29.4. The number of unbranched alkanes of at least 4 members (excludes halogenated alkanes) is 24. The van der Waals surface area contributed by atoms with E-state index in [0.717, 1.165) is 4.48 Å². The van der Waals surface area contributed by atoms with E-state index in [9.17, 15) is 0 Å². The van der Waals surface area contributed by atoms with Gasteiger partial charge in [0.25, 0.3) is 0 Å².